The summed E-state index contributed by atoms with van der Waals surface area (Å²) in [5.74, 6) is -0.523. The van der Waals surface area contributed by atoms with E-state index in [-0.39, 0.29) is 18.9 Å². The summed E-state index contributed by atoms with van der Waals surface area (Å²) in [4.78, 5) is 25.4. The maximum atomic E-state index is 11.3. The molecular formula is C12H15N3O5. The summed E-state index contributed by atoms with van der Waals surface area (Å²) in [6.45, 7) is 3.64. The summed E-state index contributed by atoms with van der Waals surface area (Å²) >= 11 is 0. The van der Waals surface area contributed by atoms with Crippen LogP contribution in [0.1, 0.15) is 12.5 Å². The van der Waals surface area contributed by atoms with Gasteiger partial charge >= 0.3 is 5.97 Å². The first-order valence-corrected chi connectivity index (χ1v) is 6.03. The van der Waals surface area contributed by atoms with Crippen LogP contribution in [0.25, 0.3) is 0 Å². The van der Waals surface area contributed by atoms with Gasteiger partial charge in [0.1, 0.15) is 17.4 Å². The minimum Gasteiger partial charge on any atom is -0.481 e. The Balaban J connectivity index is 2.22. The maximum absolute atomic E-state index is 11.3. The third kappa shape index (κ3) is 2.42. The van der Waals surface area contributed by atoms with Gasteiger partial charge in [0.25, 0.3) is 5.69 Å². The second-order valence-corrected chi connectivity index (χ2v) is 5.05. The first kappa shape index (κ1) is 14.2. The van der Waals surface area contributed by atoms with Gasteiger partial charge in [-0.05, 0) is 19.4 Å². The number of aliphatic carboxylic acids is 1. The number of nitrogens with one attached hydrogen (secondary N) is 1. The number of nitrogens with zero attached hydrogens (tertiary/aromatic N) is 2. The zero-order chi connectivity index (χ0) is 14.9. The van der Waals surface area contributed by atoms with Crippen molar-refractivity contribution in [3.63, 3.8) is 0 Å². The first-order valence-electron chi connectivity index (χ1n) is 6.03. The van der Waals surface area contributed by atoms with E-state index in [1.807, 2.05) is 0 Å². The number of pyridine rings is 1. The number of aryl methyl sites for hydroxylation is 1. The molecule has 0 amide bonds. The molecule has 2 rings (SSSR count). The molecule has 8 heteroatoms. The van der Waals surface area contributed by atoms with Crippen molar-refractivity contribution < 1.29 is 19.6 Å². The predicted molar refractivity (Wildman–Crippen MR) is 69.6 cm³/mol. The van der Waals surface area contributed by atoms with Crippen LogP contribution in [0.15, 0.2) is 12.3 Å². The molecule has 0 aliphatic carbocycles. The van der Waals surface area contributed by atoms with Crippen LogP contribution in [-0.2, 0) is 9.53 Å². The van der Waals surface area contributed by atoms with Crippen molar-refractivity contribution >= 4 is 17.5 Å². The molecule has 20 heavy (non-hydrogen) atoms. The van der Waals surface area contributed by atoms with Crippen molar-refractivity contribution in [1.29, 1.82) is 0 Å². The molecule has 0 bridgehead atoms. The highest BCUT2D eigenvalue weighted by Crippen LogP contribution is 2.31. The van der Waals surface area contributed by atoms with Gasteiger partial charge in [0, 0.05) is 6.07 Å². The van der Waals surface area contributed by atoms with E-state index in [0.29, 0.717) is 11.4 Å². The predicted octanol–water partition coefficient (Wildman–Crippen LogP) is 1.20. The highest BCUT2D eigenvalue weighted by atomic mass is 16.6. The lowest BCUT2D eigenvalue weighted by Crippen LogP contribution is -2.43. The smallest absolute Gasteiger partial charge is 0.313 e. The molecule has 0 radical (unpaired) electrons. The highest BCUT2D eigenvalue weighted by molar-refractivity contribution is 5.76. The normalized spacial score (nSPS) is 25.4. The van der Waals surface area contributed by atoms with Gasteiger partial charge in [-0.15, -0.1) is 0 Å². The van der Waals surface area contributed by atoms with Crippen LogP contribution < -0.4 is 5.32 Å². The minimum atomic E-state index is -1.05. The Morgan fingerprint density at radius 3 is 2.95 bits per heavy atom. The fraction of sp³-hybridized carbons (Fsp3) is 0.500. The molecule has 2 heterocycles. The van der Waals surface area contributed by atoms with Gasteiger partial charge in [-0.1, -0.05) is 0 Å². The number of rotatable bonds is 4. The fourth-order valence-corrected chi connectivity index (χ4v) is 2.06. The van der Waals surface area contributed by atoms with E-state index in [2.05, 4.69) is 10.3 Å². The topological polar surface area (TPSA) is 115 Å². The van der Waals surface area contributed by atoms with E-state index in [9.17, 15) is 20.0 Å². The number of anilines is 1. The van der Waals surface area contributed by atoms with E-state index in [4.69, 9.17) is 4.74 Å². The number of aromatic nitrogens is 1. The molecule has 1 aliphatic heterocycles. The molecule has 0 aromatic carbocycles. The van der Waals surface area contributed by atoms with Crippen molar-refractivity contribution in [2.75, 3.05) is 18.5 Å². The van der Waals surface area contributed by atoms with Gasteiger partial charge in [0.15, 0.2) is 0 Å². The molecule has 1 fully saturated rings. The number of hydrogen-bond acceptors (Lipinski definition) is 6. The Morgan fingerprint density at radius 2 is 2.40 bits per heavy atom. The molecule has 0 spiro atoms. The molecule has 1 aromatic rings. The molecule has 2 atom stereocenters. The Morgan fingerprint density at radius 1 is 1.70 bits per heavy atom. The van der Waals surface area contributed by atoms with E-state index in [0.717, 1.165) is 6.20 Å². The van der Waals surface area contributed by atoms with Crippen LogP contribution in [0.4, 0.5) is 11.5 Å². The van der Waals surface area contributed by atoms with Gasteiger partial charge in [0.05, 0.1) is 24.2 Å². The molecule has 1 saturated heterocycles. The number of carbonyl (C=O) groups is 1. The van der Waals surface area contributed by atoms with Crippen molar-refractivity contribution in [1.82, 2.24) is 4.98 Å². The number of carboxylic acids is 1. The molecule has 2 N–H and O–H groups in total. The molecule has 2 unspecified atom stereocenters. The number of hydrogen-bond donors (Lipinski definition) is 2. The number of nitro groups is 1. The lowest BCUT2D eigenvalue weighted by molar-refractivity contribution is -0.385. The van der Waals surface area contributed by atoms with Gasteiger partial charge in [0.2, 0.25) is 0 Å². The highest BCUT2D eigenvalue weighted by Gasteiger charge is 2.47. The Hall–Kier alpha value is -2.22. The molecule has 108 valence electrons. The summed E-state index contributed by atoms with van der Waals surface area (Å²) in [6, 6.07) is 0.955. The van der Waals surface area contributed by atoms with Gasteiger partial charge in [-0.3, -0.25) is 14.9 Å². The summed E-state index contributed by atoms with van der Waals surface area (Å²) in [6.07, 6.45) is 1.14. The van der Waals surface area contributed by atoms with Crippen molar-refractivity contribution in [2.45, 2.75) is 19.9 Å². The number of ether oxygens (including phenoxy) is 1. The summed E-state index contributed by atoms with van der Waals surface area (Å²) in [7, 11) is 0. The quantitative estimate of drug-likeness (QED) is 0.629. The third-order valence-electron chi connectivity index (χ3n) is 3.53. The van der Waals surface area contributed by atoms with E-state index in [1.54, 1.807) is 13.8 Å². The standard InChI is InChI=1S/C12H15N3O5/c1-7-3-8(15(18)19)4-13-10(7)14-9-5-20-6-12(9,2)11(16)17/h3-4,9H,5-6H2,1-2H3,(H,13,14)(H,16,17). The van der Waals surface area contributed by atoms with E-state index in [1.165, 1.54) is 6.07 Å². The third-order valence-corrected chi connectivity index (χ3v) is 3.53. The van der Waals surface area contributed by atoms with E-state index >= 15 is 0 Å². The van der Waals surface area contributed by atoms with Gasteiger partial charge < -0.3 is 15.2 Å². The largest absolute Gasteiger partial charge is 0.481 e. The lowest BCUT2D eigenvalue weighted by Gasteiger charge is -2.26. The zero-order valence-corrected chi connectivity index (χ0v) is 11.1. The fourth-order valence-electron chi connectivity index (χ4n) is 2.06. The Kier molecular flexibility index (Phi) is 3.58. The van der Waals surface area contributed by atoms with Crippen molar-refractivity contribution in [3.05, 3.63) is 27.9 Å². The number of carboxylic acid groups (broad SMARTS) is 1. The Bertz CT molecular complexity index is 562. The van der Waals surface area contributed by atoms with Crippen LogP contribution in [0, 0.1) is 22.5 Å². The maximum Gasteiger partial charge on any atom is 0.313 e. The average molecular weight is 281 g/mol. The average Bonchev–Trinajstić information content (AvgIpc) is 2.74. The second kappa shape index (κ2) is 5.04. The van der Waals surface area contributed by atoms with Crippen molar-refractivity contribution in [3.8, 4) is 0 Å². The van der Waals surface area contributed by atoms with Gasteiger partial charge in [-0.25, -0.2) is 4.98 Å². The minimum absolute atomic E-state index is 0.100. The molecule has 0 saturated carbocycles. The second-order valence-electron chi connectivity index (χ2n) is 5.05. The zero-order valence-electron chi connectivity index (χ0n) is 11.1. The SMILES string of the molecule is Cc1cc([N+](=O)[O-])cnc1NC1COCC1(C)C(=O)O. The lowest BCUT2D eigenvalue weighted by atomic mass is 9.85. The van der Waals surface area contributed by atoms with Crippen LogP contribution in [0.5, 0.6) is 0 Å². The summed E-state index contributed by atoms with van der Waals surface area (Å²) in [5.41, 5.74) is -0.564. The molecule has 8 nitrogen and oxygen atoms in total. The van der Waals surface area contributed by atoms with Gasteiger partial charge in [-0.2, -0.15) is 0 Å². The van der Waals surface area contributed by atoms with Crippen LogP contribution >= 0.6 is 0 Å². The molecule has 1 aliphatic rings. The summed E-state index contributed by atoms with van der Waals surface area (Å²) in [5, 5.41) is 22.9. The van der Waals surface area contributed by atoms with Crippen LogP contribution in [0.3, 0.4) is 0 Å². The Labute approximate surface area is 114 Å². The van der Waals surface area contributed by atoms with Crippen molar-refractivity contribution in [2.24, 2.45) is 5.41 Å². The van der Waals surface area contributed by atoms with E-state index < -0.39 is 22.3 Å². The molecule has 1 aromatic heterocycles. The van der Waals surface area contributed by atoms with Crippen LogP contribution in [0.2, 0.25) is 0 Å². The van der Waals surface area contributed by atoms with Crippen LogP contribution in [-0.4, -0.2) is 40.2 Å². The summed E-state index contributed by atoms with van der Waals surface area (Å²) < 4.78 is 5.23. The monoisotopic (exact) mass is 281 g/mol. The molecular weight excluding hydrogens is 266 g/mol. The first-order chi connectivity index (χ1) is 9.34.